The summed E-state index contributed by atoms with van der Waals surface area (Å²) in [5.74, 6) is 0.953. The summed E-state index contributed by atoms with van der Waals surface area (Å²) in [5.41, 5.74) is 3.23. The van der Waals surface area contributed by atoms with Gasteiger partial charge in [-0.05, 0) is 30.3 Å². The fourth-order valence-corrected chi connectivity index (χ4v) is 5.48. The maximum atomic E-state index is 13.1. The van der Waals surface area contributed by atoms with Crippen LogP contribution in [0.3, 0.4) is 0 Å². The largest absolute Gasteiger partial charge is 0.378 e. The zero-order chi connectivity index (χ0) is 23.3. The van der Waals surface area contributed by atoms with Crippen LogP contribution < -0.4 is 15.1 Å². The normalized spacial score (nSPS) is 17.1. The molecule has 0 atom stereocenters. The lowest BCUT2D eigenvalue weighted by Crippen LogP contribution is -2.44. The van der Waals surface area contributed by atoms with Crippen molar-refractivity contribution in [3.8, 4) is 11.1 Å². The van der Waals surface area contributed by atoms with Gasteiger partial charge in [-0.1, -0.05) is 36.4 Å². The molecule has 1 aromatic carbocycles. The Bertz CT molecular complexity index is 1090. The molecule has 2 aliphatic heterocycles. The third-order valence-corrected chi connectivity index (χ3v) is 7.60. The van der Waals surface area contributed by atoms with Crippen LogP contribution in [0.1, 0.15) is 15.2 Å². The molecular formula is C26H31N5O2S. The van der Waals surface area contributed by atoms with Crippen LogP contribution in [0.4, 0.5) is 10.8 Å². The zero-order valence-corrected chi connectivity index (χ0v) is 20.4. The first kappa shape index (κ1) is 22.8. The Hall–Kier alpha value is -2.94. The number of hydrogen-bond acceptors (Lipinski definition) is 7. The van der Waals surface area contributed by atoms with Crippen LogP contribution in [0.5, 0.6) is 0 Å². The quantitative estimate of drug-likeness (QED) is 0.588. The number of anilines is 2. The number of pyridine rings is 1. The first-order valence-corrected chi connectivity index (χ1v) is 12.7. The molecule has 0 radical (unpaired) electrons. The second kappa shape index (κ2) is 10.5. The summed E-state index contributed by atoms with van der Waals surface area (Å²) < 4.78 is 5.53. The van der Waals surface area contributed by atoms with Gasteiger partial charge in [-0.25, -0.2) is 4.98 Å². The smallest absolute Gasteiger partial charge is 0.261 e. The summed E-state index contributed by atoms with van der Waals surface area (Å²) in [5, 5.41) is 4.22. The number of thiophene rings is 1. The van der Waals surface area contributed by atoms with Gasteiger partial charge >= 0.3 is 0 Å². The molecule has 5 rings (SSSR count). The van der Waals surface area contributed by atoms with E-state index in [1.54, 1.807) is 11.3 Å². The van der Waals surface area contributed by atoms with Gasteiger partial charge in [-0.2, -0.15) is 0 Å². The highest BCUT2D eigenvalue weighted by molar-refractivity contribution is 7.18. The molecular weight excluding hydrogens is 446 g/mol. The maximum Gasteiger partial charge on any atom is 0.261 e. The van der Waals surface area contributed by atoms with Crippen molar-refractivity contribution in [3.63, 3.8) is 0 Å². The van der Waals surface area contributed by atoms with Crippen LogP contribution in [-0.4, -0.2) is 75.3 Å². The lowest BCUT2D eigenvalue weighted by atomic mass is 10.1. The first-order chi connectivity index (χ1) is 16.7. The predicted molar refractivity (Wildman–Crippen MR) is 138 cm³/mol. The van der Waals surface area contributed by atoms with Gasteiger partial charge in [0.15, 0.2) is 0 Å². The molecule has 2 aliphatic rings. The van der Waals surface area contributed by atoms with E-state index in [2.05, 4.69) is 56.3 Å². The summed E-state index contributed by atoms with van der Waals surface area (Å²) >= 11 is 1.56. The van der Waals surface area contributed by atoms with Gasteiger partial charge in [0.2, 0.25) is 0 Å². The number of benzene rings is 1. The molecule has 3 aromatic rings. The number of hydrogen-bond donors (Lipinski definition) is 1. The monoisotopic (exact) mass is 477 g/mol. The average molecular weight is 478 g/mol. The summed E-state index contributed by atoms with van der Waals surface area (Å²) in [6, 6.07) is 16.4. The van der Waals surface area contributed by atoms with Crippen LogP contribution in [0.15, 0.2) is 54.7 Å². The molecule has 0 bridgehead atoms. The van der Waals surface area contributed by atoms with Crippen LogP contribution in [0.2, 0.25) is 0 Å². The number of rotatable bonds is 6. The van der Waals surface area contributed by atoms with E-state index in [4.69, 9.17) is 4.74 Å². The molecule has 34 heavy (non-hydrogen) atoms. The number of amides is 1. The van der Waals surface area contributed by atoms with E-state index in [1.807, 2.05) is 30.5 Å². The second-order valence-corrected chi connectivity index (χ2v) is 9.82. The highest BCUT2D eigenvalue weighted by Gasteiger charge is 2.22. The number of aromatic nitrogens is 1. The van der Waals surface area contributed by atoms with Crippen molar-refractivity contribution in [2.24, 2.45) is 0 Å². The second-order valence-electron chi connectivity index (χ2n) is 8.79. The molecule has 0 saturated carbocycles. The van der Waals surface area contributed by atoms with Crippen molar-refractivity contribution >= 4 is 28.1 Å². The number of likely N-dealkylation sites (N-methyl/N-ethyl adjacent to an activating group) is 1. The third kappa shape index (κ3) is 5.24. The minimum Gasteiger partial charge on any atom is -0.378 e. The van der Waals surface area contributed by atoms with E-state index in [0.717, 1.165) is 71.7 Å². The Labute approximate surface area is 205 Å². The molecule has 0 spiro atoms. The van der Waals surface area contributed by atoms with Gasteiger partial charge in [-0.15, -0.1) is 11.3 Å². The molecule has 2 fully saturated rings. The Morgan fingerprint density at radius 2 is 1.76 bits per heavy atom. The van der Waals surface area contributed by atoms with E-state index in [1.165, 1.54) is 0 Å². The molecule has 4 heterocycles. The number of morpholine rings is 1. The summed E-state index contributed by atoms with van der Waals surface area (Å²) in [7, 11) is 2.15. The van der Waals surface area contributed by atoms with Crippen molar-refractivity contribution in [1.82, 2.24) is 15.2 Å². The summed E-state index contributed by atoms with van der Waals surface area (Å²) in [6.45, 7) is 7.66. The van der Waals surface area contributed by atoms with E-state index in [0.29, 0.717) is 19.8 Å². The molecule has 7 nitrogen and oxygen atoms in total. The number of nitrogens with one attached hydrogen (secondary N) is 1. The van der Waals surface area contributed by atoms with E-state index in [9.17, 15) is 4.79 Å². The van der Waals surface area contributed by atoms with Crippen molar-refractivity contribution in [2.45, 2.75) is 6.54 Å². The minimum absolute atomic E-state index is 0.0511. The molecule has 1 N–H and O–H groups in total. The number of piperazine rings is 1. The van der Waals surface area contributed by atoms with E-state index in [-0.39, 0.29) is 5.91 Å². The SMILES string of the molecule is CN1CCN(c2ccc(CNC(=O)c3cc(-c4ccccc4)c(N4CCOCC4)s3)cn2)CC1. The fourth-order valence-electron chi connectivity index (χ4n) is 4.33. The molecule has 1 amide bonds. The lowest BCUT2D eigenvalue weighted by Gasteiger charge is -2.33. The molecule has 2 saturated heterocycles. The lowest BCUT2D eigenvalue weighted by molar-refractivity contribution is 0.0955. The van der Waals surface area contributed by atoms with E-state index < -0.39 is 0 Å². The topological polar surface area (TPSA) is 60.9 Å². The highest BCUT2D eigenvalue weighted by atomic mass is 32.1. The number of carbonyl (C=O) groups excluding carboxylic acids is 1. The first-order valence-electron chi connectivity index (χ1n) is 11.9. The van der Waals surface area contributed by atoms with Gasteiger partial charge < -0.3 is 24.8 Å². The molecule has 2 aromatic heterocycles. The van der Waals surface area contributed by atoms with Crippen molar-refractivity contribution in [1.29, 1.82) is 0 Å². The molecule has 0 unspecified atom stereocenters. The Balaban J connectivity index is 1.27. The average Bonchev–Trinajstić information content (AvgIpc) is 3.35. The highest BCUT2D eigenvalue weighted by Crippen LogP contribution is 2.39. The predicted octanol–water partition coefficient (Wildman–Crippen LogP) is 3.33. The van der Waals surface area contributed by atoms with Crippen molar-refractivity contribution in [3.05, 3.63) is 65.2 Å². The maximum absolute atomic E-state index is 13.1. The Kier molecular flexibility index (Phi) is 7.08. The molecule has 178 valence electrons. The summed E-state index contributed by atoms with van der Waals surface area (Å²) in [4.78, 5) is 25.4. The van der Waals surface area contributed by atoms with Gasteiger partial charge in [-0.3, -0.25) is 4.79 Å². The standard InChI is InChI=1S/C26H31N5O2S/c1-29-9-11-30(12-10-29)24-8-7-20(18-27-24)19-28-25(32)23-17-22(21-5-3-2-4-6-21)26(34-23)31-13-15-33-16-14-31/h2-8,17-18H,9-16,19H2,1H3,(H,28,32). The van der Waals surface area contributed by atoms with Crippen LogP contribution in [-0.2, 0) is 11.3 Å². The minimum atomic E-state index is -0.0511. The number of carbonyl (C=O) groups is 1. The number of ether oxygens (including phenoxy) is 1. The van der Waals surface area contributed by atoms with Crippen LogP contribution in [0.25, 0.3) is 11.1 Å². The molecule has 0 aliphatic carbocycles. The fraction of sp³-hybridized carbons (Fsp3) is 0.385. The Morgan fingerprint density at radius 1 is 1.00 bits per heavy atom. The van der Waals surface area contributed by atoms with Crippen LogP contribution in [0, 0.1) is 0 Å². The summed E-state index contributed by atoms with van der Waals surface area (Å²) in [6.07, 6.45) is 1.87. The van der Waals surface area contributed by atoms with Gasteiger partial charge in [0.25, 0.3) is 5.91 Å². The van der Waals surface area contributed by atoms with E-state index >= 15 is 0 Å². The van der Waals surface area contributed by atoms with Gasteiger partial charge in [0.1, 0.15) is 5.82 Å². The van der Waals surface area contributed by atoms with Gasteiger partial charge in [0, 0.05) is 57.6 Å². The van der Waals surface area contributed by atoms with Crippen molar-refractivity contribution < 1.29 is 9.53 Å². The van der Waals surface area contributed by atoms with Crippen molar-refractivity contribution in [2.75, 3.05) is 69.3 Å². The number of nitrogens with zero attached hydrogens (tertiary/aromatic N) is 4. The Morgan fingerprint density at radius 3 is 2.47 bits per heavy atom. The van der Waals surface area contributed by atoms with Gasteiger partial charge in [0.05, 0.1) is 23.1 Å². The zero-order valence-electron chi connectivity index (χ0n) is 19.6. The van der Waals surface area contributed by atoms with Crippen LogP contribution >= 0.6 is 11.3 Å². The third-order valence-electron chi connectivity index (χ3n) is 6.41. The molecule has 8 heteroatoms.